The highest BCUT2D eigenvalue weighted by molar-refractivity contribution is 6.01. The highest BCUT2D eigenvalue weighted by Crippen LogP contribution is 2.27. The molecule has 5 nitrogen and oxygen atoms in total. The SMILES string of the molecule is CC1(C)NC(=O)C(C)(C)N(Cc2cncc(F)c2)C1=O. The lowest BCUT2D eigenvalue weighted by atomic mass is 9.89. The molecule has 1 saturated heterocycles. The molecule has 2 rings (SSSR count). The molecule has 0 saturated carbocycles. The van der Waals surface area contributed by atoms with Crippen molar-refractivity contribution < 1.29 is 14.0 Å². The van der Waals surface area contributed by atoms with E-state index < -0.39 is 16.9 Å². The molecule has 0 atom stereocenters. The van der Waals surface area contributed by atoms with Crippen molar-refractivity contribution in [2.24, 2.45) is 0 Å². The van der Waals surface area contributed by atoms with Crippen LogP contribution in [0.15, 0.2) is 18.5 Å². The summed E-state index contributed by atoms with van der Waals surface area (Å²) in [5, 5.41) is 2.70. The Morgan fingerprint density at radius 1 is 1.25 bits per heavy atom. The van der Waals surface area contributed by atoms with E-state index in [1.54, 1.807) is 27.7 Å². The van der Waals surface area contributed by atoms with Gasteiger partial charge < -0.3 is 10.2 Å². The highest BCUT2D eigenvalue weighted by atomic mass is 19.1. The smallest absolute Gasteiger partial charge is 0.248 e. The summed E-state index contributed by atoms with van der Waals surface area (Å²) in [7, 11) is 0. The van der Waals surface area contributed by atoms with E-state index in [9.17, 15) is 14.0 Å². The van der Waals surface area contributed by atoms with E-state index in [2.05, 4.69) is 10.3 Å². The summed E-state index contributed by atoms with van der Waals surface area (Å²) in [5.41, 5.74) is -1.40. The number of carbonyl (C=O) groups excluding carboxylic acids is 2. The molecule has 1 aromatic heterocycles. The first-order chi connectivity index (χ1) is 9.14. The Labute approximate surface area is 117 Å². The molecule has 1 aliphatic heterocycles. The summed E-state index contributed by atoms with van der Waals surface area (Å²) in [4.78, 5) is 29.9. The number of hydrogen-bond donors (Lipinski definition) is 1. The lowest BCUT2D eigenvalue weighted by molar-refractivity contribution is -0.160. The largest absolute Gasteiger partial charge is 0.340 e. The molecule has 1 aromatic rings. The van der Waals surface area contributed by atoms with Gasteiger partial charge in [0.15, 0.2) is 0 Å². The normalized spacial score (nSPS) is 20.8. The van der Waals surface area contributed by atoms with Gasteiger partial charge in [0.05, 0.1) is 6.20 Å². The number of piperazine rings is 1. The second kappa shape index (κ2) is 4.54. The monoisotopic (exact) mass is 279 g/mol. The molecule has 0 aliphatic carbocycles. The van der Waals surface area contributed by atoms with Gasteiger partial charge in [-0.15, -0.1) is 0 Å². The Kier molecular flexibility index (Phi) is 3.28. The first kappa shape index (κ1) is 14.4. The number of pyridine rings is 1. The van der Waals surface area contributed by atoms with Crippen LogP contribution in [-0.4, -0.2) is 32.8 Å². The molecular weight excluding hydrogens is 261 g/mol. The molecular formula is C14H18FN3O2. The molecule has 1 aliphatic rings. The van der Waals surface area contributed by atoms with Crippen molar-refractivity contribution in [3.63, 3.8) is 0 Å². The Morgan fingerprint density at radius 2 is 1.90 bits per heavy atom. The van der Waals surface area contributed by atoms with Crippen LogP contribution in [-0.2, 0) is 16.1 Å². The Bertz CT molecular complexity index is 569. The second-order valence-electron chi connectivity index (χ2n) is 6.04. The third-order valence-electron chi connectivity index (χ3n) is 3.54. The summed E-state index contributed by atoms with van der Waals surface area (Å²) in [6.07, 6.45) is 2.59. The van der Waals surface area contributed by atoms with E-state index >= 15 is 0 Å². The number of nitrogens with zero attached hydrogens (tertiary/aromatic N) is 2. The van der Waals surface area contributed by atoms with E-state index in [0.29, 0.717) is 5.56 Å². The maximum absolute atomic E-state index is 13.2. The van der Waals surface area contributed by atoms with Gasteiger partial charge in [0.25, 0.3) is 0 Å². The van der Waals surface area contributed by atoms with Gasteiger partial charge >= 0.3 is 0 Å². The minimum atomic E-state index is -0.987. The van der Waals surface area contributed by atoms with Gasteiger partial charge in [-0.3, -0.25) is 14.6 Å². The van der Waals surface area contributed by atoms with Gasteiger partial charge in [0, 0.05) is 12.7 Å². The van der Waals surface area contributed by atoms with Crippen molar-refractivity contribution in [1.29, 1.82) is 0 Å². The predicted molar refractivity (Wildman–Crippen MR) is 71.0 cm³/mol. The fourth-order valence-corrected chi connectivity index (χ4v) is 2.20. The molecule has 2 heterocycles. The van der Waals surface area contributed by atoms with Gasteiger partial charge in [-0.25, -0.2) is 4.39 Å². The number of rotatable bonds is 2. The van der Waals surface area contributed by atoms with Crippen LogP contribution < -0.4 is 5.32 Å². The molecule has 0 unspecified atom stereocenters. The quantitative estimate of drug-likeness (QED) is 0.886. The first-order valence-electron chi connectivity index (χ1n) is 6.39. The zero-order valence-corrected chi connectivity index (χ0v) is 12.0. The summed E-state index contributed by atoms with van der Waals surface area (Å²) >= 11 is 0. The molecule has 0 spiro atoms. The molecule has 108 valence electrons. The molecule has 0 radical (unpaired) electrons. The molecule has 0 bridgehead atoms. The van der Waals surface area contributed by atoms with Crippen molar-refractivity contribution in [1.82, 2.24) is 15.2 Å². The van der Waals surface area contributed by atoms with E-state index in [-0.39, 0.29) is 18.4 Å². The van der Waals surface area contributed by atoms with E-state index in [1.807, 2.05) is 0 Å². The molecule has 6 heteroatoms. The van der Waals surface area contributed by atoms with Crippen molar-refractivity contribution in [2.75, 3.05) is 0 Å². The van der Waals surface area contributed by atoms with Gasteiger partial charge in [0.1, 0.15) is 16.9 Å². The van der Waals surface area contributed by atoms with Gasteiger partial charge in [-0.05, 0) is 39.3 Å². The topological polar surface area (TPSA) is 62.3 Å². The highest BCUT2D eigenvalue weighted by Gasteiger charge is 2.49. The molecule has 1 fully saturated rings. The number of carbonyl (C=O) groups is 2. The lowest BCUT2D eigenvalue weighted by Crippen LogP contribution is -2.71. The fourth-order valence-electron chi connectivity index (χ4n) is 2.20. The van der Waals surface area contributed by atoms with E-state index in [4.69, 9.17) is 0 Å². The summed E-state index contributed by atoms with van der Waals surface area (Å²) in [6, 6.07) is 1.32. The van der Waals surface area contributed by atoms with Crippen LogP contribution in [0.25, 0.3) is 0 Å². The Balaban J connectivity index is 2.36. The summed E-state index contributed by atoms with van der Waals surface area (Å²) in [5.74, 6) is -0.897. The Morgan fingerprint density at radius 3 is 2.50 bits per heavy atom. The third kappa shape index (κ3) is 2.37. The van der Waals surface area contributed by atoms with Crippen molar-refractivity contribution in [2.45, 2.75) is 45.3 Å². The average Bonchev–Trinajstić information content (AvgIpc) is 2.33. The van der Waals surface area contributed by atoms with Crippen LogP contribution in [0.3, 0.4) is 0 Å². The number of aromatic nitrogens is 1. The fraction of sp³-hybridized carbons (Fsp3) is 0.500. The Hall–Kier alpha value is -1.98. The lowest BCUT2D eigenvalue weighted by Gasteiger charge is -2.47. The van der Waals surface area contributed by atoms with Crippen molar-refractivity contribution in [3.05, 3.63) is 29.8 Å². The van der Waals surface area contributed by atoms with E-state index in [1.165, 1.54) is 17.2 Å². The van der Waals surface area contributed by atoms with Gasteiger partial charge in [-0.1, -0.05) is 0 Å². The zero-order valence-electron chi connectivity index (χ0n) is 12.0. The standard InChI is InChI=1S/C14H18FN3O2/c1-13(2)12(20)18(14(3,4)11(19)17-13)8-9-5-10(15)7-16-6-9/h5-7H,8H2,1-4H3,(H,17,19). The third-order valence-corrected chi connectivity index (χ3v) is 3.54. The van der Waals surface area contributed by atoms with Crippen LogP contribution in [0.2, 0.25) is 0 Å². The number of halogens is 1. The minimum absolute atomic E-state index is 0.146. The molecule has 20 heavy (non-hydrogen) atoms. The zero-order chi connectivity index (χ0) is 15.1. The predicted octanol–water partition coefficient (Wildman–Crippen LogP) is 1.24. The first-order valence-corrected chi connectivity index (χ1v) is 6.39. The maximum Gasteiger partial charge on any atom is 0.248 e. The summed E-state index contributed by atoms with van der Waals surface area (Å²) < 4.78 is 13.2. The average molecular weight is 279 g/mol. The van der Waals surface area contributed by atoms with Crippen molar-refractivity contribution in [3.8, 4) is 0 Å². The van der Waals surface area contributed by atoms with Crippen LogP contribution in [0.5, 0.6) is 0 Å². The minimum Gasteiger partial charge on any atom is -0.340 e. The van der Waals surface area contributed by atoms with Crippen LogP contribution >= 0.6 is 0 Å². The van der Waals surface area contributed by atoms with Crippen LogP contribution in [0.1, 0.15) is 33.3 Å². The van der Waals surface area contributed by atoms with Gasteiger partial charge in [-0.2, -0.15) is 0 Å². The number of amides is 2. The maximum atomic E-state index is 13.2. The number of hydrogen-bond acceptors (Lipinski definition) is 3. The van der Waals surface area contributed by atoms with Crippen LogP contribution in [0.4, 0.5) is 4.39 Å². The van der Waals surface area contributed by atoms with E-state index in [0.717, 1.165) is 6.20 Å². The molecule has 0 aromatic carbocycles. The second-order valence-corrected chi connectivity index (χ2v) is 6.04. The molecule has 2 amide bonds. The molecule has 1 N–H and O–H groups in total. The summed E-state index contributed by atoms with van der Waals surface area (Å²) in [6.45, 7) is 6.79. The number of nitrogens with one attached hydrogen (secondary N) is 1. The van der Waals surface area contributed by atoms with Crippen LogP contribution in [0, 0.1) is 5.82 Å². The van der Waals surface area contributed by atoms with Gasteiger partial charge in [0.2, 0.25) is 11.8 Å². The van der Waals surface area contributed by atoms with Crippen molar-refractivity contribution >= 4 is 11.8 Å².